The highest BCUT2D eigenvalue weighted by Gasteiger charge is 2.36. The fourth-order valence-electron chi connectivity index (χ4n) is 4.08. The number of halogens is 2. The molecule has 0 radical (unpaired) electrons. The number of aromatic nitrogens is 6. The maximum atomic E-state index is 13.6. The van der Waals surface area contributed by atoms with Crippen LogP contribution in [0.5, 0.6) is 0 Å². The van der Waals surface area contributed by atoms with Crippen LogP contribution in [0.1, 0.15) is 43.1 Å². The first-order valence-electron chi connectivity index (χ1n) is 9.92. The minimum absolute atomic E-state index is 0.174. The lowest BCUT2D eigenvalue weighted by Gasteiger charge is -2.28. The van der Waals surface area contributed by atoms with Crippen LogP contribution >= 0.6 is 0 Å². The first-order chi connectivity index (χ1) is 14.5. The summed E-state index contributed by atoms with van der Waals surface area (Å²) >= 11 is 0. The molecule has 3 aromatic heterocycles. The van der Waals surface area contributed by atoms with Crippen molar-refractivity contribution in [3.63, 3.8) is 0 Å². The van der Waals surface area contributed by atoms with Gasteiger partial charge in [0.05, 0.1) is 17.9 Å². The van der Waals surface area contributed by atoms with Crippen LogP contribution in [0.3, 0.4) is 0 Å². The molecule has 5 rings (SSSR count). The van der Waals surface area contributed by atoms with E-state index >= 15 is 0 Å². The highest BCUT2D eigenvalue weighted by molar-refractivity contribution is 5.73. The van der Waals surface area contributed by atoms with Gasteiger partial charge in [-0.2, -0.15) is 10.2 Å². The van der Waals surface area contributed by atoms with Crippen molar-refractivity contribution in [2.75, 3.05) is 0 Å². The fourth-order valence-corrected chi connectivity index (χ4v) is 4.08. The summed E-state index contributed by atoms with van der Waals surface area (Å²) in [5, 5.41) is 8.96. The van der Waals surface area contributed by atoms with E-state index in [0.717, 1.165) is 11.3 Å². The van der Waals surface area contributed by atoms with E-state index in [1.807, 2.05) is 36.5 Å². The monoisotopic (exact) mass is 410 g/mol. The van der Waals surface area contributed by atoms with E-state index in [2.05, 4.69) is 20.2 Å². The van der Waals surface area contributed by atoms with Gasteiger partial charge in [0.25, 0.3) is 5.56 Å². The molecule has 0 spiro atoms. The van der Waals surface area contributed by atoms with Crippen LogP contribution in [0.2, 0.25) is 0 Å². The molecule has 30 heavy (non-hydrogen) atoms. The summed E-state index contributed by atoms with van der Waals surface area (Å²) in [6.45, 7) is 0. The Kier molecular flexibility index (Phi) is 4.45. The summed E-state index contributed by atoms with van der Waals surface area (Å²) in [7, 11) is 0. The number of benzene rings is 1. The van der Waals surface area contributed by atoms with Gasteiger partial charge in [0.1, 0.15) is 11.2 Å². The summed E-state index contributed by atoms with van der Waals surface area (Å²) in [6.07, 6.45) is 5.70. The molecule has 4 aromatic rings. The summed E-state index contributed by atoms with van der Waals surface area (Å²) in [4.78, 5) is 20.1. The van der Waals surface area contributed by atoms with E-state index in [-0.39, 0.29) is 24.4 Å². The molecule has 1 fully saturated rings. The van der Waals surface area contributed by atoms with Gasteiger partial charge in [0.2, 0.25) is 5.92 Å². The minimum atomic E-state index is -2.62. The summed E-state index contributed by atoms with van der Waals surface area (Å²) in [5.41, 5.74) is 2.01. The van der Waals surface area contributed by atoms with Crippen LogP contribution in [-0.4, -0.2) is 35.5 Å². The van der Waals surface area contributed by atoms with Gasteiger partial charge < -0.3 is 4.98 Å². The van der Waals surface area contributed by atoms with Crippen molar-refractivity contribution in [1.82, 2.24) is 29.5 Å². The number of hydrogen-bond acceptors (Lipinski definition) is 4. The van der Waals surface area contributed by atoms with Crippen LogP contribution in [0.4, 0.5) is 8.78 Å². The van der Waals surface area contributed by atoms with Gasteiger partial charge in [0.15, 0.2) is 5.65 Å². The Morgan fingerprint density at radius 1 is 1.13 bits per heavy atom. The Morgan fingerprint density at radius 2 is 1.93 bits per heavy atom. The number of alkyl halides is 2. The van der Waals surface area contributed by atoms with E-state index in [1.54, 1.807) is 15.6 Å². The quantitative estimate of drug-likeness (QED) is 0.557. The number of rotatable bonds is 4. The lowest BCUT2D eigenvalue weighted by molar-refractivity contribution is -0.0446. The molecule has 0 aliphatic heterocycles. The number of nitrogens with one attached hydrogen (secondary N) is 1. The normalized spacial score (nSPS) is 16.9. The zero-order chi connectivity index (χ0) is 20.7. The second kappa shape index (κ2) is 7.16. The highest BCUT2D eigenvalue weighted by atomic mass is 19.3. The zero-order valence-electron chi connectivity index (χ0n) is 16.1. The van der Waals surface area contributed by atoms with Gasteiger partial charge in [-0.3, -0.25) is 4.79 Å². The minimum Gasteiger partial charge on any atom is -0.310 e. The molecule has 7 nitrogen and oxygen atoms in total. The third-order valence-corrected chi connectivity index (χ3v) is 5.65. The molecule has 9 heteroatoms. The van der Waals surface area contributed by atoms with E-state index in [0.29, 0.717) is 36.1 Å². The third kappa shape index (κ3) is 3.40. The molecule has 1 aromatic carbocycles. The number of H-pyrrole nitrogens is 1. The second-order valence-corrected chi connectivity index (χ2v) is 7.68. The molecule has 1 N–H and O–H groups in total. The van der Waals surface area contributed by atoms with Crippen molar-refractivity contribution < 1.29 is 8.78 Å². The van der Waals surface area contributed by atoms with Gasteiger partial charge in [0, 0.05) is 31.7 Å². The molecular formula is C21H20F2N6O. The molecule has 0 bridgehead atoms. The average Bonchev–Trinajstić information content (AvgIpc) is 3.39. The summed E-state index contributed by atoms with van der Waals surface area (Å²) in [5.74, 6) is -2.12. The molecule has 3 heterocycles. The number of aromatic amines is 1. The van der Waals surface area contributed by atoms with E-state index in [9.17, 15) is 13.6 Å². The topological polar surface area (TPSA) is 81.4 Å². The molecule has 154 valence electrons. The Bertz CT molecular complexity index is 1230. The van der Waals surface area contributed by atoms with Crippen LogP contribution in [-0.2, 0) is 6.42 Å². The molecule has 1 aliphatic rings. The van der Waals surface area contributed by atoms with Gasteiger partial charge in [-0.1, -0.05) is 18.2 Å². The number of fused-ring (bicyclic) bond motifs is 1. The predicted molar refractivity (Wildman–Crippen MR) is 107 cm³/mol. The smallest absolute Gasteiger partial charge is 0.262 e. The molecule has 0 unspecified atom stereocenters. The standard InChI is InChI=1S/C21H20F2N6O/c22-21(23)8-6-15(7-9-21)29-19-16(13-25-29)20(30)27-18(26-19)12-14-4-1-2-5-17(14)28-11-3-10-24-28/h1-5,10-11,13,15H,6-9,12H2,(H,26,27,30). The second-order valence-electron chi connectivity index (χ2n) is 7.68. The van der Waals surface area contributed by atoms with E-state index in [1.165, 1.54) is 6.20 Å². The van der Waals surface area contributed by atoms with Crippen molar-refractivity contribution in [3.8, 4) is 5.69 Å². The average molecular weight is 410 g/mol. The van der Waals surface area contributed by atoms with Gasteiger partial charge >= 0.3 is 0 Å². The first-order valence-corrected chi connectivity index (χ1v) is 9.92. The van der Waals surface area contributed by atoms with Crippen LogP contribution < -0.4 is 5.56 Å². The molecule has 1 aliphatic carbocycles. The first kappa shape index (κ1) is 18.7. The molecule has 0 atom stereocenters. The Morgan fingerprint density at radius 3 is 2.70 bits per heavy atom. The molecular weight excluding hydrogens is 390 g/mol. The van der Waals surface area contributed by atoms with Crippen LogP contribution in [0.15, 0.2) is 53.7 Å². The van der Waals surface area contributed by atoms with Crippen molar-refractivity contribution in [3.05, 3.63) is 70.7 Å². The van der Waals surface area contributed by atoms with Crippen LogP contribution in [0, 0.1) is 0 Å². The van der Waals surface area contributed by atoms with E-state index < -0.39 is 5.92 Å². The van der Waals surface area contributed by atoms with Gasteiger partial charge in [-0.05, 0) is 30.5 Å². The van der Waals surface area contributed by atoms with Gasteiger partial charge in [-0.15, -0.1) is 0 Å². The number of nitrogens with zero attached hydrogens (tertiary/aromatic N) is 5. The van der Waals surface area contributed by atoms with Crippen molar-refractivity contribution in [1.29, 1.82) is 0 Å². The SMILES string of the molecule is O=c1[nH]c(Cc2ccccc2-n2cccn2)nc2c1cnn2C1CCC(F)(F)CC1. The summed E-state index contributed by atoms with van der Waals surface area (Å²) in [6, 6.07) is 9.42. The number of para-hydroxylation sites is 1. The number of hydrogen-bond donors (Lipinski definition) is 1. The maximum absolute atomic E-state index is 13.6. The third-order valence-electron chi connectivity index (χ3n) is 5.65. The fraction of sp³-hybridized carbons (Fsp3) is 0.333. The molecule has 0 saturated heterocycles. The van der Waals surface area contributed by atoms with E-state index in [4.69, 9.17) is 0 Å². The summed E-state index contributed by atoms with van der Waals surface area (Å²) < 4.78 is 30.5. The Balaban J connectivity index is 1.51. The van der Waals surface area contributed by atoms with Crippen molar-refractivity contribution in [2.45, 2.75) is 44.1 Å². The predicted octanol–water partition coefficient (Wildman–Crippen LogP) is 3.65. The Hall–Kier alpha value is -3.36. The largest absolute Gasteiger partial charge is 0.310 e. The van der Waals surface area contributed by atoms with Crippen molar-refractivity contribution >= 4 is 11.0 Å². The maximum Gasteiger partial charge on any atom is 0.262 e. The lowest BCUT2D eigenvalue weighted by Crippen LogP contribution is -2.27. The van der Waals surface area contributed by atoms with Crippen LogP contribution in [0.25, 0.3) is 16.7 Å². The Labute approximate surface area is 170 Å². The molecule has 0 amide bonds. The lowest BCUT2D eigenvalue weighted by atomic mass is 9.92. The highest BCUT2D eigenvalue weighted by Crippen LogP contribution is 2.38. The molecule has 1 saturated carbocycles. The van der Waals surface area contributed by atoms with Crippen molar-refractivity contribution in [2.24, 2.45) is 0 Å². The van der Waals surface area contributed by atoms with Gasteiger partial charge in [-0.25, -0.2) is 23.1 Å². The zero-order valence-corrected chi connectivity index (χ0v) is 16.1.